The van der Waals surface area contributed by atoms with Gasteiger partial charge in [-0.1, -0.05) is 0 Å². The van der Waals surface area contributed by atoms with Gasteiger partial charge in [0, 0.05) is 13.0 Å². The molecule has 2 aliphatic heterocycles. The molecule has 0 radical (unpaired) electrons. The third-order valence-electron chi connectivity index (χ3n) is 4.61. The van der Waals surface area contributed by atoms with Gasteiger partial charge in [-0.2, -0.15) is 0 Å². The molecular weight excluding hydrogens is 286 g/mol. The Labute approximate surface area is 128 Å². The Kier molecular flexibility index (Phi) is 3.68. The molecule has 118 valence electrons. The monoisotopic (exact) mass is 305 g/mol. The molecule has 1 aromatic carbocycles. The summed E-state index contributed by atoms with van der Waals surface area (Å²) in [5.41, 5.74) is 1.89. The van der Waals surface area contributed by atoms with Crippen LogP contribution in [0.3, 0.4) is 0 Å². The molecule has 2 aliphatic rings. The van der Waals surface area contributed by atoms with E-state index in [1.807, 2.05) is 12.1 Å². The minimum atomic E-state index is -0.856. The lowest BCUT2D eigenvalue weighted by molar-refractivity contribution is -0.152. The lowest BCUT2D eigenvalue weighted by atomic mass is 9.79. The maximum Gasteiger partial charge on any atom is 0.308 e. The summed E-state index contributed by atoms with van der Waals surface area (Å²) in [6, 6.07) is 3.30. The highest BCUT2D eigenvalue weighted by Crippen LogP contribution is 2.44. The van der Waals surface area contributed by atoms with Crippen molar-refractivity contribution in [3.8, 4) is 11.5 Å². The Hall–Kier alpha value is -2.24. The van der Waals surface area contributed by atoms with E-state index in [1.54, 1.807) is 19.1 Å². The first kappa shape index (κ1) is 14.7. The summed E-state index contributed by atoms with van der Waals surface area (Å²) >= 11 is 0. The maximum atomic E-state index is 12.2. The number of carboxylic acid groups (broad SMARTS) is 1. The fraction of sp³-hybridized carbons (Fsp3) is 0.500. The predicted molar refractivity (Wildman–Crippen MR) is 78.1 cm³/mol. The van der Waals surface area contributed by atoms with Crippen LogP contribution in [0.4, 0.5) is 0 Å². The molecule has 1 saturated heterocycles. The van der Waals surface area contributed by atoms with Crippen LogP contribution >= 0.6 is 0 Å². The van der Waals surface area contributed by atoms with Crippen molar-refractivity contribution < 1.29 is 24.2 Å². The van der Waals surface area contributed by atoms with Crippen molar-refractivity contribution in [2.75, 3.05) is 20.8 Å². The fourth-order valence-electron chi connectivity index (χ4n) is 3.53. The van der Waals surface area contributed by atoms with E-state index in [9.17, 15) is 14.7 Å². The molecule has 0 spiro atoms. The number of piperidine rings is 1. The summed E-state index contributed by atoms with van der Waals surface area (Å²) in [6.45, 7) is 0.551. The zero-order chi connectivity index (χ0) is 15.9. The minimum absolute atomic E-state index is 0.0305. The normalized spacial score (nSPS) is 23.5. The van der Waals surface area contributed by atoms with Gasteiger partial charge in [-0.25, -0.2) is 0 Å². The molecule has 22 heavy (non-hydrogen) atoms. The molecule has 0 saturated carbocycles. The first-order valence-corrected chi connectivity index (χ1v) is 7.34. The average Bonchev–Trinajstić information content (AvgIpc) is 2.53. The first-order chi connectivity index (χ1) is 10.6. The molecule has 1 amide bonds. The summed E-state index contributed by atoms with van der Waals surface area (Å²) in [5, 5.41) is 9.52. The van der Waals surface area contributed by atoms with Crippen molar-refractivity contribution in [2.45, 2.75) is 25.3 Å². The standard InChI is InChI=1S/C16H19NO5/c1-21-12-7-9-5-6-17-14(18)4-3-10(16(19)20)15(17)11(9)8-13(12)22-2/h7-8,10,15H,3-6H2,1-2H3,(H,19,20)/t10-,15-/m0/s1. The highest BCUT2D eigenvalue weighted by atomic mass is 16.5. The number of hydrogen-bond acceptors (Lipinski definition) is 4. The lowest BCUT2D eigenvalue weighted by Crippen LogP contribution is -2.48. The van der Waals surface area contributed by atoms with Gasteiger partial charge in [0.2, 0.25) is 5.91 Å². The van der Waals surface area contributed by atoms with E-state index in [4.69, 9.17) is 9.47 Å². The summed E-state index contributed by atoms with van der Waals surface area (Å²) in [5.74, 6) is -0.211. The molecule has 6 heteroatoms. The number of methoxy groups -OCH3 is 2. The highest BCUT2D eigenvalue weighted by Gasteiger charge is 2.43. The quantitative estimate of drug-likeness (QED) is 0.918. The SMILES string of the molecule is COc1cc2c(cc1OC)[C@@H]1[C@@H](C(=O)O)CCC(=O)N1CC2. The van der Waals surface area contributed by atoms with Crippen LogP contribution in [-0.4, -0.2) is 42.6 Å². The van der Waals surface area contributed by atoms with Crippen LogP contribution in [0.15, 0.2) is 12.1 Å². The van der Waals surface area contributed by atoms with Crippen LogP contribution in [0.5, 0.6) is 11.5 Å². The van der Waals surface area contributed by atoms with Crippen LogP contribution in [0.25, 0.3) is 0 Å². The van der Waals surface area contributed by atoms with Crippen molar-refractivity contribution in [2.24, 2.45) is 5.92 Å². The van der Waals surface area contributed by atoms with Crippen molar-refractivity contribution in [3.05, 3.63) is 23.3 Å². The first-order valence-electron chi connectivity index (χ1n) is 7.34. The number of nitrogens with zero attached hydrogens (tertiary/aromatic N) is 1. The number of aliphatic carboxylic acids is 1. The second kappa shape index (κ2) is 5.51. The van der Waals surface area contributed by atoms with Gasteiger partial charge in [0.05, 0.1) is 26.2 Å². The number of carboxylic acids is 1. The molecule has 2 heterocycles. The van der Waals surface area contributed by atoms with Gasteiger partial charge in [-0.15, -0.1) is 0 Å². The van der Waals surface area contributed by atoms with Gasteiger partial charge < -0.3 is 19.5 Å². The molecule has 2 atom stereocenters. The molecule has 0 aliphatic carbocycles. The maximum absolute atomic E-state index is 12.2. The Morgan fingerprint density at radius 2 is 1.91 bits per heavy atom. The van der Waals surface area contributed by atoms with Crippen LogP contribution in [-0.2, 0) is 16.0 Å². The van der Waals surface area contributed by atoms with Gasteiger partial charge >= 0.3 is 5.97 Å². The van der Waals surface area contributed by atoms with Gasteiger partial charge in [-0.05, 0) is 36.1 Å². The van der Waals surface area contributed by atoms with Crippen LogP contribution in [0.1, 0.15) is 30.0 Å². The van der Waals surface area contributed by atoms with Gasteiger partial charge in [0.15, 0.2) is 11.5 Å². The van der Waals surface area contributed by atoms with Crippen molar-refractivity contribution >= 4 is 11.9 Å². The summed E-state index contributed by atoms with van der Waals surface area (Å²) in [6.07, 6.45) is 1.38. The van der Waals surface area contributed by atoms with Crippen LogP contribution in [0, 0.1) is 5.92 Å². The fourth-order valence-corrected chi connectivity index (χ4v) is 3.53. The molecule has 1 aromatic rings. The molecule has 1 N–H and O–H groups in total. The van der Waals surface area contributed by atoms with Gasteiger partial charge in [0.1, 0.15) is 0 Å². The summed E-state index contributed by atoms with van der Waals surface area (Å²) in [7, 11) is 3.12. The lowest BCUT2D eigenvalue weighted by Gasteiger charge is -2.43. The summed E-state index contributed by atoms with van der Waals surface area (Å²) < 4.78 is 10.6. The van der Waals surface area contributed by atoms with Crippen molar-refractivity contribution in [1.29, 1.82) is 0 Å². The number of carbonyl (C=O) groups is 2. The predicted octanol–water partition coefficient (Wildman–Crippen LogP) is 1.62. The number of amides is 1. The average molecular weight is 305 g/mol. The highest BCUT2D eigenvalue weighted by molar-refractivity contribution is 5.82. The third-order valence-corrected chi connectivity index (χ3v) is 4.61. The number of fused-ring (bicyclic) bond motifs is 3. The Bertz CT molecular complexity index is 627. The van der Waals surface area contributed by atoms with E-state index in [1.165, 1.54) is 0 Å². The van der Waals surface area contributed by atoms with E-state index in [0.717, 1.165) is 11.1 Å². The Morgan fingerprint density at radius 3 is 2.55 bits per heavy atom. The van der Waals surface area contributed by atoms with E-state index in [0.29, 0.717) is 37.3 Å². The molecule has 0 unspecified atom stereocenters. The van der Waals surface area contributed by atoms with Crippen LogP contribution < -0.4 is 9.47 Å². The zero-order valence-electron chi connectivity index (χ0n) is 12.7. The van der Waals surface area contributed by atoms with Gasteiger partial charge in [-0.3, -0.25) is 9.59 Å². The topological polar surface area (TPSA) is 76.1 Å². The van der Waals surface area contributed by atoms with Crippen molar-refractivity contribution in [1.82, 2.24) is 4.90 Å². The van der Waals surface area contributed by atoms with Crippen molar-refractivity contribution in [3.63, 3.8) is 0 Å². The second-order valence-corrected chi connectivity index (χ2v) is 5.67. The molecule has 0 aromatic heterocycles. The number of rotatable bonds is 3. The molecular formula is C16H19NO5. The minimum Gasteiger partial charge on any atom is -0.493 e. The molecule has 0 bridgehead atoms. The smallest absolute Gasteiger partial charge is 0.308 e. The molecule has 3 rings (SSSR count). The van der Waals surface area contributed by atoms with E-state index >= 15 is 0 Å². The third kappa shape index (κ3) is 2.19. The summed E-state index contributed by atoms with van der Waals surface area (Å²) in [4.78, 5) is 25.5. The number of hydrogen-bond donors (Lipinski definition) is 1. The molecule has 6 nitrogen and oxygen atoms in total. The van der Waals surface area contributed by atoms with E-state index < -0.39 is 17.9 Å². The Balaban J connectivity index is 2.11. The second-order valence-electron chi connectivity index (χ2n) is 5.67. The largest absolute Gasteiger partial charge is 0.493 e. The molecule has 1 fully saturated rings. The number of ether oxygens (including phenoxy) is 2. The Morgan fingerprint density at radius 1 is 1.23 bits per heavy atom. The van der Waals surface area contributed by atoms with E-state index in [2.05, 4.69) is 0 Å². The zero-order valence-corrected chi connectivity index (χ0v) is 12.7. The number of carbonyl (C=O) groups excluding carboxylic acids is 1. The van der Waals surface area contributed by atoms with E-state index in [-0.39, 0.29) is 5.91 Å². The van der Waals surface area contributed by atoms with Crippen LogP contribution in [0.2, 0.25) is 0 Å². The van der Waals surface area contributed by atoms with Gasteiger partial charge in [0.25, 0.3) is 0 Å². The number of benzene rings is 1.